The molecule has 3 saturated heterocycles. The molecule has 3 aliphatic rings. The minimum Gasteiger partial charge on any atom is -0.379 e. The van der Waals surface area contributed by atoms with Gasteiger partial charge in [-0.3, -0.25) is 9.69 Å². The van der Waals surface area contributed by atoms with Gasteiger partial charge in [-0.15, -0.1) is 0 Å². The molecule has 1 aromatic carbocycles. The van der Waals surface area contributed by atoms with Crippen molar-refractivity contribution in [2.45, 2.75) is 62.7 Å². The van der Waals surface area contributed by atoms with Gasteiger partial charge in [0, 0.05) is 45.7 Å². The fourth-order valence-corrected chi connectivity index (χ4v) is 6.85. The number of ether oxygens (including phenoxy) is 1. The summed E-state index contributed by atoms with van der Waals surface area (Å²) in [5, 5.41) is 0. The van der Waals surface area contributed by atoms with E-state index in [2.05, 4.69) is 4.90 Å². The van der Waals surface area contributed by atoms with Crippen molar-refractivity contribution in [3.8, 4) is 0 Å². The van der Waals surface area contributed by atoms with Crippen LogP contribution >= 0.6 is 0 Å². The van der Waals surface area contributed by atoms with E-state index in [4.69, 9.17) is 4.74 Å². The molecule has 0 atom stereocenters. The number of aryl methyl sites for hydroxylation is 1. The van der Waals surface area contributed by atoms with Gasteiger partial charge in [0.15, 0.2) is 0 Å². The van der Waals surface area contributed by atoms with Gasteiger partial charge in [0.1, 0.15) is 0 Å². The summed E-state index contributed by atoms with van der Waals surface area (Å²) in [7, 11) is -3.42. The first-order chi connectivity index (χ1) is 16.5. The van der Waals surface area contributed by atoms with Crippen molar-refractivity contribution < 1.29 is 17.9 Å². The average Bonchev–Trinajstić information content (AvgIpc) is 3.18. The number of hydrogen-bond donors (Lipinski definition) is 0. The molecule has 34 heavy (non-hydrogen) atoms. The van der Waals surface area contributed by atoms with Gasteiger partial charge in [0.2, 0.25) is 15.9 Å². The van der Waals surface area contributed by atoms with Gasteiger partial charge in [-0.1, -0.05) is 25.0 Å². The monoisotopic (exact) mass is 491 g/mol. The van der Waals surface area contributed by atoms with Crippen LogP contribution < -0.4 is 0 Å². The van der Waals surface area contributed by atoms with Crippen molar-refractivity contribution in [2.24, 2.45) is 5.92 Å². The van der Waals surface area contributed by atoms with E-state index in [-0.39, 0.29) is 5.91 Å². The highest BCUT2D eigenvalue weighted by atomic mass is 32.2. The number of carbonyl (C=O) groups excluding carboxylic acids is 1. The van der Waals surface area contributed by atoms with Gasteiger partial charge in [-0.2, -0.15) is 4.31 Å². The maximum atomic E-state index is 12.9. The maximum absolute atomic E-state index is 12.9. The van der Waals surface area contributed by atoms with E-state index < -0.39 is 10.0 Å². The van der Waals surface area contributed by atoms with Crippen molar-refractivity contribution in [1.29, 1.82) is 0 Å². The third-order valence-electron chi connectivity index (χ3n) is 7.68. The molecule has 0 spiro atoms. The zero-order valence-corrected chi connectivity index (χ0v) is 21.3. The first-order valence-electron chi connectivity index (χ1n) is 13.2. The SMILES string of the molecule is O=C(CCc1ccc(S(=O)(=O)N2CCCCCC2)cc1)N1CCC(CCN2CCOCC2)CC1. The molecular weight excluding hydrogens is 450 g/mol. The number of likely N-dealkylation sites (tertiary alicyclic amines) is 1. The molecular formula is C26H41N3O4S. The normalized spacial score (nSPS) is 21.9. The highest BCUT2D eigenvalue weighted by Gasteiger charge is 2.26. The van der Waals surface area contributed by atoms with Crippen molar-refractivity contribution in [2.75, 3.05) is 59.0 Å². The number of nitrogens with zero attached hydrogens (tertiary/aromatic N) is 3. The molecule has 0 saturated carbocycles. The molecule has 0 aliphatic carbocycles. The number of piperidine rings is 1. The first kappa shape index (κ1) is 25.6. The van der Waals surface area contributed by atoms with Gasteiger partial charge in [-0.05, 0) is 68.7 Å². The summed E-state index contributed by atoms with van der Waals surface area (Å²) in [4.78, 5) is 17.6. The number of morpholine rings is 1. The highest BCUT2D eigenvalue weighted by molar-refractivity contribution is 7.89. The second-order valence-electron chi connectivity index (χ2n) is 10.0. The molecule has 0 radical (unpaired) electrons. The van der Waals surface area contributed by atoms with Crippen LogP contribution in [0, 0.1) is 5.92 Å². The van der Waals surface area contributed by atoms with Crippen LogP contribution in [0.5, 0.6) is 0 Å². The molecule has 3 aliphatic heterocycles. The number of amides is 1. The minimum absolute atomic E-state index is 0.216. The molecule has 0 unspecified atom stereocenters. The molecule has 7 nitrogen and oxygen atoms in total. The predicted molar refractivity (Wildman–Crippen MR) is 133 cm³/mol. The Bertz CT molecular complexity index is 868. The Kier molecular flexibility index (Phi) is 9.39. The Morgan fingerprint density at radius 1 is 0.882 bits per heavy atom. The zero-order chi connectivity index (χ0) is 23.8. The van der Waals surface area contributed by atoms with Crippen LogP contribution in [0.15, 0.2) is 29.2 Å². The van der Waals surface area contributed by atoms with Crippen molar-refractivity contribution in [1.82, 2.24) is 14.1 Å². The number of sulfonamides is 1. The maximum Gasteiger partial charge on any atom is 0.243 e. The molecule has 0 aromatic heterocycles. The number of carbonyl (C=O) groups is 1. The third-order valence-corrected chi connectivity index (χ3v) is 9.59. The first-order valence-corrected chi connectivity index (χ1v) is 14.6. The summed E-state index contributed by atoms with van der Waals surface area (Å²) in [5.74, 6) is 0.929. The quantitative estimate of drug-likeness (QED) is 0.559. The van der Waals surface area contributed by atoms with E-state index in [1.165, 1.54) is 6.42 Å². The predicted octanol–water partition coefficient (Wildman–Crippen LogP) is 3.14. The van der Waals surface area contributed by atoms with Crippen LogP contribution in [-0.2, 0) is 26.0 Å². The van der Waals surface area contributed by atoms with Gasteiger partial charge in [-0.25, -0.2) is 8.42 Å². The molecule has 3 fully saturated rings. The molecule has 0 N–H and O–H groups in total. The van der Waals surface area contributed by atoms with E-state index in [9.17, 15) is 13.2 Å². The van der Waals surface area contributed by atoms with Gasteiger partial charge >= 0.3 is 0 Å². The standard InChI is InChI=1S/C26H41N3O4S/c30-26(28-17-12-24(13-18-28)11-16-27-19-21-33-22-20-27)10-7-23-5-8-25(9-6-23)34(31,32)29-14-3-1-2-4-15-29/h5-6,8-9,24H,1-4,7,10-22H2. The Labute approximate surface area is 205 Å². The topological polar surface area (TPSA) is 70.2 Å². The van der Waals surface area contributed by atoms with Crippen LogP contribution in [0.3, 0.4) is 0 Å². The van der Waals surface area contributed by atoms with E-state index in [0.717, 1.165) is 90.0 Å². The summed E-state index contributed by atoms with van der Waals surface area (Å²) in [6.45, 7) is 7.88. The number of rotatable bonds is 8. The van der Waals surface area contributed by atoms with Gasteiger partial charge in [0.25, 0.3) is 0 Å². The van der Waals surface area contributed by atoms with Crippen molar-refractivity contribution in [3.63, 3.8) is 0 Å². The Balaban J connectivity index is 1.19. The summed E-state index contributed by atoms with van der Waals surface area (Å²) in [5.41, 5.74) is 1.02. The lowest BCUT2D eigenvalue weighted by Crippen LogP contribution is -2.40. The van der Waals surface area contributed by atoms with Crippen LogP contribution in [0.25, 0.3) is 0 Å². The van der Waals surface area contributed by atoms with E-state index in [1.807, 2.05) is 17.0 Å². The number of benzene rings is 1. The zero-order valence-electron chi connectivity index (χ0n) is 20.5. The smallest absolute Gasteiger partial charge is 0.243 e. The van der Waals surface area contributed by atoms with E-state index in [1.54, 1.807) is 16.4 Å². The molecule has 4 rings (SSSR count). The van der Waals surface area contributed by atoms with Crippen molar-refractivity contribution in [3.05, 3.63) is 29.8 Å². The fourth-order valence-electron chi connectivity index (χ4n) is 5.33. The van der Waals surface area contributed by atoms with E-state index >= 15 is 0 Å². The van der Waals surface area contributed by atoms with Crippen LogP contribution in [-0.4, -0.2) is 87.5 Å². The van der Waals surface area contributed by atoms with Crippen molar-refractivity contribution >= 4 is 15.9 Å². The summed E-state index contributed by atoms with van der Waals surface area (Å²) in [6.07, 6.45) is 8.62. The second kappa shape index (κ2) is 12.5. The lowest BCUT2D eigenvalue weighted by atomic mass is 9.93. The summed E-state index contributed by atoms with van der Waals surface area (Å²) >= 11 is 0. The molecule has 190 valence electrons. The summed E-state index contributed by atoms with van der Waals surface area (Å²) in [6, 6.07) is 7.16. The third kappa shape index (κ3) is 7.03. The fraction of sp³-hybridized carbons (Fsp3) is 0.731. The minimum atomic E-state index is -3.42. The Morgan fingerprint density at radius 3 is 2.18 bits per heavy atom. The largest absolute Gasteiger partial charge is 0.379 e. The van der Waals surface area contributed by atoms with Gasteiger partial charge in [0.05, 0.1) is 18.1 Å². The van der Waals surface area contributed by atoms with Crippen LogP contribution in [0.4, 0.5) is 0 Å². The lowest BCUT2D eigenvalue weighted by Gasteiger charge is -2.34. The van der Waals surface area contributed by atoms with E-state index in [0.29, 0.717) is 36.7 Å². The lowest BCUT2D eigenvalue weighted by molar-refractivity contribution is -0.132. The molecule has 1 amide bonds. The summed E-state index contributed by atoms with van der Waals surface area (Å²) < 4.78 is 32.9. The molecule has 8 heteroatoms. The average molecular weight is 492 g/mol. The van der Waals surface area contributed by atoms with Crippen LogP contribution in [0.1, 0.15) is 56.9 Å². The molecule has 0 bridgehead atoms. The van der Waals surface area contributed by atoms with Crippen LogP contribution in [0.2, 0.25) is 0 Å². The molecule has 3 heterocycles. The highest BCUT2D eigenvalue weighted by Crippen LogP contribution is 2.23. The second-order valence-corrected chi connectivity index (χ2v) is 12.0. The Morgan fingerprint density at radius 2 is 1.53 bits per heavy atom. The number of hydrogen-bond acceptors (Lipinski definition) is 5. The van der Waals surface area contributed by atoms with Gasteiger partial charge < -0.3 is 9.64 Å². The Hall–Kier alpha value is -1.48. The molecule has 1 aromatic rings.